The highest BCUT2D eigenvalue weighted by Crippen LogP contribution is 2.13. The van der Waals surface area contributed by atoms with Crippen LogP contribution in [0.2, 0.25) is 0 Å². The molecular formula is C22H26F2N4O6. The van der Waals surface area contributed by atoms with E-state index in [2.05, 4.69) is 10.00 Å². The predicted molar refractivity (Wildman–Crippen MR) is 116 cm³/mol. The van der Waals surface area contributed by atoms with E-state index >= 15 is 0 Å². The van der Waals surface area contributed by atoms with Crippen molar-refractivity contribution in [2.24, 2.45) is 0 Å². The van der Waals surface area contributed by atoms with Gasteiger partial charge in [-0.25, -0.2) is 23.1 Å². The molecule has 0 saturated carbocycles. The van der Waals surface area contributed by atoms with Crippen molar-refractivity contribution in [3.05, 3.63) is 59.9 Å². The summed E-state index contributed by atoms with van der Waals surface area (Å²) in [4.78, 5) is 34.5. The van der Waals surface area contributed by atoms with Crippen molar-refractivity contribution in [1.82, 2.24) is 19.6 Å². The zero-order valence-electron chi connectivity index (χ0n) is 18.6. The highest BCUT2D eigenvalue weighted by atomic mass is 19.2. The number of carboxylic acid groups (broad SMARTS) is 2. The molecule has 1 aliphatic heterocycles. The molecule has 2 aromatic rings. The van der Waals surface area contributed by atoms with E-state index in [1.165, 1.54) is 10.7 Å². The van der Waals surface area contributed by atoms with Crippen molar-refractivity contribution in [3.63, 3.8) is 0 Å². The minimum Gasteiger partial charge on any atom is -0.478 e. The number of ether oxygens (including phenoxy) is 1. The van der Waals surface area contributed by atoms with Crippen molar-refractivity contribution in [1.29, 1.82) is 0 Å². The molecule has 0 radical (unpaired) electrons. The molecule has 0 unspecified atom stereocenters. The number of carboxylic acids is 2. The van der Waals surface area contributed by atoms with Crippen LogP contribution in [0.3, 0.4) is 0 Å². The van der Waals surface area contributed by atoms with Crippen LogP contribution in [0.1, 0.15) is 12.6 Å². The Kier molecular flexibility index (Phi) is 10.3. The maximum absolute atomic E-state index is 13.3. The summed E-state index contributed by atoms with van der Waals surface area (Å²) in [7, 11) is 0. The summed E-state index contributed by atoms with van der Waals surface area (Å²) in [5, 5.41) is 19.9. The van der Waals surface area contributed by atoms with Gasteiger partial charge in [0.2, 0.25) is 5.91 Å². The van der Waals surface area contributed by atoms with Crippen LogP contribution in [0, 0.1) is 11.6 Å². The Balaban J connectivity index is 0.000000440. The van der Waals surface area contributed by atoms with E-state index in [1.54, 1.807) is 19.2 Å². The van der Waals surface area contributed by atoms with Gasteiger partial charge in [0.05, 0.1) is 24.6 Å². The molecule has 0 spiro atoms. The molecule has 3 rings (SSSR count). The number of hydrogen-bond acceptors (Lipinski definition) is 6. The molecular weight excluding hydrogens is 454 g/mol. The third kappa shape index (κ3) is 9.08. The fourth-order valence-electron chi connectivity index (χ4n) is 3.01. The Labute approximate surface area is 194 Å². The van der Waals surface area contributed by atoms with E-state index in [9.17, 15) is 23.2 Å². The van der Waals surface area contributed by atoms with E-state index < -0.39 is 23.6 Å². The average molecular weight is 480 g/mol. The normalized spacial score (nSPS) is 14.0. The Morgan fingerprint density at radius 1 is 1.03 bits per heavy atom. The van der Waals surface area contributed by atoms with Crippen molar-refractivity contribution in [3.8, 4) is 5.69 Å². The third-order valence-corrected chi connectivity index (χ3v) is 4.80. The first-order valence-electron chi connectivity index (χ1n) is 10.3. The Hall–Kier alpha value is -3.64. The van der Waals surface area contributed by atoms with Gasteiger partial charge in [-0.05, 0) is 18.2 Å². The fraction of sp³-hybridized carbons (Fsp3) is 0.364. The van der Waals surface area contributed by atoms with Crippen LogP contribution >= 0.6 is 0 Å². The van der Waals surface area contributed by atoms with Crippen molar-refractivity contribution >= 4 is 17.8 Å². The lowest BCUT2D eigenvalue weighted by Crippen LogP contribution is -2.48. The maximum atomic E-state index is 13.3. The number of aliphatic carboxylic acids is 2. The van der Waals surface area contributed by atoms with Gasteiger partial charge in [-0.2, -0.15) is 5.10 Å². The minimum absolute atomic E-state index is 0.123. The quantitative estimate of drug-likeness (QED) is 0.431. The van der Waals surface area contributed by atoms with E-state index in [4.69, 9.17) is 14.9 Å². The number of halogens is 2. The number of carbonyl (C=O) groups excluding carboxylic acids is 1. The van der Waals surface area contributed by atoms with Crippen LogP contribution in [-0.4, -0.2) is 87.0 Å². The topological polar surface area (TPSA) is 125 Å². The first kappa shape index (κ1) is 26.6. The summed E-state index contributed by atoms with van der Waals surface area (Å²) < 4.78 is 33.4. The number of hydrogen-bond donors (Lipinski definition) is 2. The number of rotatable bonds is 8. The Morgan fingerprint density at radius 3 is 2.24 bits per heavy atom. The molecule has 0 atom stereocenters. The number of nitrogens with zero attached hydrogens (tertiary/aromatic N) is 4. The Bertz CT molecular complexity index is 1000. The van der Waals surface area contributed by atoms with Crippen LogP contribution in [0.15, 0.2) is 42.6 Å². The molecule has 34 heavy (non-hydrogen) atoms. The van der Waals surface area contributed by atoms with Crippen molar-refractivity contribution in [2.45, 2.75) is 13.5 Å². The predicted octanol–water partition coefficient (Wildman–Crippen LogP) is 1.54. The van der Waals surface area contributed by atoms with E-state index in [0.717, 1.165) is 50.6 Å². The summed E-state index contributed by atoms with van der Waals surface area (Å²) >= 11 is 0. The van der Waals surface area contributed by atoms with Crippen LogP contribution in [0.5, 0.6) is 0 Å². The molecule has 1 fully saturated rings. The van der Waals surface area contributed by atoms with Gasteiger partial charge in [-0.15, -0.1) is 0 Å². The SMILES string of the molecule is CC(=O)N1CCN(CCOCc2ccn(-c3ccc(F)c(F)c3)n2)CC1.O=C(O)C=CC(=O)O. The zero-order chi connectivity index (χ0) is 25.1. The summed E-state index contributed by atoms with van der Waals surface area (Å²) in [5.41, 5.74) is 1.18. The number of benzene rings is 1. The summed E-state index contributed by atoms with van der Waals surface area (Å²) in [5.74, 6) is -4.17. The fourth-order valence-corrected chi connectivity index (χ4v) is 3.01. The molecule has 2 heterocycles. The third-order valence-electron chi connectivity index (χ3n) is 4.80. The standard InChI is InChI=1S/C18H22F2N4O2.C4H4O4/c1-14(25)23-8-6-22(7-9-23)10-11-26-13-15-4-5-24(21-15)16-2-3-17(19)18(20)12-16;5-3(6)1-2-4(7)8/h2-5,12H,6-11,13H2,1H3;1-2H,(H,5,6)(H,7,8). The molecule has 1 saturated heterocycles. The number of aromatic nitrogens is 2. The Morgan fingerprint density at radius 2 is 1.68 bits per heavy atom. The molecule has 184 valence electrons. The van der Waals surface area contributed by atoms with E-state index in [0.29, 0.717) is 31.1 Å². The second-order valence-corrected chi connectivity index (χ2v) is 7.26. The van der Waals surface area contributed by atoms with Crippen LogP contribution in [0.25, 0.3) is 5.69 Å². The van der Waals surface area contributed by atoms with Gasteiger partial charge in [0.15, 0.2) is 11.6 Å². The zero-order valence-corrected chi connectivity index (χ0v) is 18.6. The van der Waals surface area contributed by atoms with Gasteiger partial charge in [0.1, 0.15) is 0 Å². The maximum Gasteiger partial charge on any atom is 0.328 e. The summed E-state index contributed by atoms with van der Waals surface area (Å²) in [6.45, 7) is 6.54. The molecule has 1 aromatic heterocycles. The molecule has 1 aliphatic rings. The lowest BCUT2D eigenvalue weighted by molar-refractivity contribution is -0.134. The molecule has 10 nitrogen and oxygen atoms in total. The minimum atomic E-state index is -1.26. The largest absolute Gasteiger partial charge is 0.478 e. The number of piperazine rings is 1. The highest BCUT2D eigenvalue weighted by molar-refractivity contribution is 5.89. The number of carbonyl (C=O) groups is 3. The van der Waals surface area contributed by atoms with Gasteiger partial charge in [0.25, 0.3) is 0 Å². The smallest absolute Gasteiger partial charge is 0.328 e. The van der Waals surface area contributed by atoms with Gasteiger partial charge in [-0.1, -0.05) is 0 Å². The summed E-state index contributed by atoms with van der Waals surface area (Å²) in [6.07, 6.45) is 2.80. The lowest BCUT2D eigenvalue weighted by atomic mass is 10.3. The molecule has 1 amide bonds. The molecule has 12 heteroatoms. The van der Waals surface area contributed by atoms with Gasteiger partial charge < -0.3 is 19.8 Å². The van der Waals surface area contributed by atoms with Crippen LogP contribution in [0.4, 0.5) is 8.78 Å². The molecule has 0 aliphatic carbocycles. The molecule has 2 N–H and O–H groups in total. The van der Waals surface area contributed by atoms with Gasteiger partial charge in [-0.3, -0.25) is 9.69 Å². The van der Waals surface area contributed by atoms with E-state index in [-0.39, 0.29) is 5.91 Å². The lowest BCUT2D eigenvalue weighted by Gasteiger charge is -2.34. The van der Waals surface area contributed by atoms with Gasteiger partial charge >= 0.3 is 11.9 Å². The second-order valence-electron chi connectivity index (χ2n) is 7.26. The van der Waals surface area contributed by atoms with Crippen molar-refractivity contribution in [2.75, 3.05) is 39.3 Å². The first-order valence-corrected chi connectivity index (χ1v) is 10.3. The number of amides is 1. The highest BCUT2D eigenvalue weighted by Gasteiger charge is 2.18. The summed E-state index contributed by atoms with van der Waals surface area (Å²) in [6, 6.07) is 5.44. The molecule has 0 bridgehead atoms. The average Bonchev–Trinajstić information content (AvgIpc) is 3.27. The van der Waals surface area contributed by atoms with Crippen LogP contribution in [-0.2, 0) is 25.7 Å². The second kappa shape index (κ2) is 13.2. The van der Waals surface area contributed by atoms with Crippen LogP contribution < -0.4 is 0 Å². The van der Waals surface area contributed by atoms with E-state index in [1.807, 2.05) is 4.90 Å². The molecule has 1 aromatic carbocycles. The monoisotopic (exact) mass is 480 g/mol. The van der Waals surface area contributed by atoms with Gasteiger partial charge in [0, 0.05) is 64.1 Å². The van der Waals surface area contributed by atoms with Crippen molar-refractivity contribution < 1.29 is 38.1 Å². The first-order chi connectivity index (χ1) is 16.2.